The topological polar surface area (TPSA) is 104 Å². The van der Waals surface area contributed by atoms with Crippen LogP contribution in [0.5, 0.6) is 0 Å². The van der Waals surface area contributed by atoms with E-state index in [1.807, 2.05) is 0 Å². The van der Waals surface area contributed by atoms with E-state index in [9.17, 15) is 22.9 Å². The van der Waals surface area contributed by atoms with Crippen molar-refractivity contribution in [1.82, 2.24) is 5.32 Å². The fraction of sp³-hybridized carbons (Fsp3) is 0.719. The summed E-state index contributed by atoms with van der Waals surface area (Å²) in [6, 6.07) is -1.08. The van der Waals surface area contributed by atoms with Crippen molar-refractivity contribution in [3.05, 3.63) is 48.6 Å². The van der Waals surface area contributed by atoms with Crippen molar-refractivity contribution in [2.45, 2.75) is 142 Å². The molecule has 0 spiro atoms. The smallest absolute Gasteiger partial charge is 0.267 e. The van der Waals surface area contributed by atoms with E-state index in [1.165, 1.54) is 44.6 Å². The van der Waals surface area contributed by atoms with Gasteiger partial charge >= 0.3 is 0 Å². The predicted molar refractivity (Wildman–Crippen MR) is 165 cm³/mol. The first kappa shape index (κ1) is 37.3. The number of carbonyl (C=O) groups excluding carboxylic acids is 1. The van der Waals surface area contributed by atoms with Gasteiger partial charge in [-0.3, -0.25) is 9.35 Å². The lowest BCUT2D eigenvalue weighted by Gasteiger charge is -2.21. The number of rotatable bonds is 26. The molecule has 0 saturated heterocycles. The van der Waals surface area contributed by atoms with Crippen LogP contribution in [0.2, 0.25) is 0 Å². The normalized spacial score (nSPS) is 14.3. The fourth-order valence-corrected chi connectivity index (χ4v) is 4.84. The zero-order chi connectivity index (χ0) is 29.0. The van der Waals surface area contributed by atoms with Crippen LogP contribution in [0, 0.1) is 0 Å². The lowest BCUT2D eigenvalue weighted by atomic mass is 10.1. The summed E-state index contributed by atoms with van der Waals surface area (Å²) in [7, 11) is -4.35. The SMILES string of the molecule is CCCC/C=C/CC/C=C/CC/C=C/C(O)C(CS(=O)(=O)O)NC(=O)CCCCCCC/C=C\CCCCC. The number of carbonyl (C=O) groups is 1. The molecule has 0 bridgehead atoms. The van der Waals surface area contributed by atoms with E-state index in [0.717, 1.165) is 57.8 Å². The van der Waals surface area contributed by atoms with Crippen LogP contribution >= 0.6 is 0 Å². The number of hydrogen-bond donors (Lipinski definition) is 3. The van der Waals surface area contributed by atoms with E-state index in [4.69, 9.17) is 0 Å². The highest BCUT2D eigenvalue weighted by Crippen LogP contribution is 2.10. The highest BCUT2D eigenvalue weighted by atomic mass is 32.2. The van der Waals surface area contributed by atoms with Crippen LogP contribution in [0.25, 0.3) is 0 Å². The monoisotopic (exact) mass is 567 g/mol. The highest BCUT2D eigenvalue weighted by molar-refractivity contribution is 7.85. The lowest BCUT2D eigenvalue weighted by Crippen LogP contribution is -2.46. The van der Waals surface area contributed by atoms with E-state index in [1.54, 1.807) is 6.08 Å². The van der Waals surface area contributed by atoms with Gasteiger partial charge in [0.1, 0.15) is 0 Å². The summed E-state index contributed by atoms with van der Waals surface area (Å²) in [5.41, 5.74) is 0. The molecule has 6 nitrogen and oxygen atoms in total. The maximum absolute atomic E-state index is 12.4. The number of nitrogens with one attached hydrogen (secondary N) is 1. The molecule has 2 unspecified atom stereocenters. The van der Waals surface area contributed by atoms with Crippen LogP contribution in [-0.2, 0) is 14.9 Å². The van der Waals surface area contributed by atoms with Crippen LogP contribution < -0.4 is 5.32 Å². The summed E-state index contributed by atoms with van der Waals surface area (Å²) in [6.07, 6.45) is 33.8. The number of aliphatic hydroxyl groups is 1. The zero-order valence-electron chi connectivity index (χ0n) is 24.7. The molecule has 39 heavy (non-hydrogen) atoms. The lowest BCUT2D eigenvalue weighted by molar-refractivity contribution is -0.122. The van der Waals surface area contributed by atoms with Gasteiger partial charge in [-0.15, -0.1) is 0 Å². The maximum atomic E-state index is 12.4. The molecule has 226 valence electrons. The number of hydrogen-bond acceptors (Lipinski definition) is 4. The van der Waals surface area contributed by atoms with E-state index in [-0.39, 0.29) is 12.3 Å². The van der Waals surface area contributed by atoms with Gasteiger partial charge in [0.2, 0.25) is 5.91 Å². The van der Waals surface area contributed by atoms with Crippen LogP contribution in [0.15, 0.2) is 48.6 Å². The molecule has 0 aliphatic rings. The van der Waals surface area contributed by atoms with Gasteiger partial charge in [0, 0.05) is 6.42 Å². The molecule has 0 rings (SSSR count). The van der Waals surface area contributed by atoms with Crippen molar-refractivity contribution in [2.75, 3.05) is 5.75 Å². The third kappa shape index (κ3) is 27.7. The first-order valence-electron chi connectivity index (χ1n) is 15.3. The summed E-state index contributed by atoms with van der Waals surface area (Å²) < 4.78 is 32.1. The van der Waals surface area contributed by atoms with E-state index >= 15 is 0 Å². The van der Waals surface area contributed by atoms with Crippen LogP contribution in [0.4, 0.5) is 0 Å². The van der Waals surface area contributed by atoms with Crippen molar-refractivity contribution in [3.63, 3.8) is 0 Å². The fourth-order valence-electron chi connectivity index (χ4n) is 4.11. The van der Waals surface area contributed by atoms with Crippen molar-refractivity contribution >= 4 is 16.0 Å². The summed E-state index contributed by atoms with van der Waals surface area (Å²) in [5.74, 6) is -1.03. The molecule has 0 aromatic rings. The average Bonchev–Trinajstić information content (AvgIpc) is 2.88. The highest BCUT2D eigenvalue weighted by Gasteiger charge is 2.24. The van der Waals surface area contributed by atoms with Crippen LogP contribution in [-0.4, -0.2) is 41.9 Å². The Hall–Kier alpha value is -1.70. The Kier molecular flexibility index (Phi) is 25.4. The van der Waals surface area contributed by atoms with E-state index in [0.29, 0.717) is 12.8 Å². The molecule has 3 N–H and O–H groups in total. The molecule has 0 aliphatic heterocycles. The van der Waals surface area contributed by atoms with Gasteiger partial charge in [0.25, 0.3) is 10.1 Å². The summed E-state index contributed by atoms with van der Waals surface area (Å²) >= 11 is 0. The predicted octanol–water partition coefficient (Wildman–Crippen LogP) is 8.01. The van der Waals surface area contributed by atoms with Gasteiger partial charge < -0.3 is 10.4 Å². The van der Waals surface area contributed by atoms with Crippen molar-refractivity contribution in [3.8, 4) is 0 Å². The van der Waals surface area contributed by atoms with E-state index < -0.39 is 28.0 Å². The Morgan fingerprint density at radius 2 is 1.13 bits per heavy atom. The molecule has 0 aromatic carbocycles. The minimum atomic E-state index is -4.35. The Bertz CT molecular complexity index is 801. The van der Waals surface area contributed by atoms with E-state index in [2.05, 4.69) is 55.6 Å². The number of aliphatic hydroxyl groups excluding tert-OH is 1. The largest absolute Gasteiger partial charge is 0.387 e. The Morgan fingerprint density at radius 3 is 1.69 bits per heavy atom. The summed E-state index contributed by atoms with van der Waals surface area (Å²) in [4.78, 5) is 12.4. The second kappa shape index (κ2) is 26.5. The zero-order valence-corrected chi connectivity index (χ0v) is 25.6. The maximum Gasteiger partial charge on any atom is 0.267 e. The van der Waals surface area contributed by atoms with Crippen LogP contribution in [0.3, 0.4) is 0 Å². The number of unbranched alkanes of at least 4 members (excludes halogenated alkanes) is 12. The molecule has 0 aromatic heterocycles. The molecule has 0 fully saturated rings. The van der Waals surface area contributed by atoms with Gasteiger partial charge in [0.15, 0.2) is 0 Å². The van der Waals surface area contributed by atoms with Gasteiger partial charge in [-0.25, -0.2) is 0 Å². The molecule has 2 atom stereocenters. The minimum Gasteiger partial charge on any atom is -0.387 e. The molecule has 0 aliphatic carbocycles. The third-order valence-corrected chi connectivity index (χ3v) is 7.24. The molecular weight excluding hydrogens is 510 g/mol. The number of amides is 1. The van der Waals surface area contributed by atoms with Gasteiger partial charge in [0.05, 0.1) is 17.9 Å². The molecular formula is C32H57NO5S. The quantitative estimate of drug-likeness (QED) is 0.0558. The summed E-state index contributed by atoms with van der Waals surface area (Å²) in [5, 5.41) is 13.0. The van der Waals surface area contributed by atoms with Gasteiger partial charge in [-0.1, -0.05) is 107 Å². The average molecular weight is 568 g/mol. The Balaban J connectivity index is 4.21. The minimum absolute atomic E-state index is 0.272. The first-order chi connectivity index (χ1) is 18.8. The van der Waals surface area contributed by atoms with Crippen molar-refractivity contribution in [2.24, 2.45) is 0 Å². The Morgan fingerprint density at radius 1 is 0.667 bits per heavy atom. The second-order valence-corrected chi connectivity index (χ2v) is 11.9. The molecule has 0 radical (unpaired) electrons. The standard InChI is InChI=1S/C32H57NO5S/c1-3-5-7-9-11-13-15-17-19-21-23-25-27-31(34)30(29-39(36,37)38)33-32(35)28-26-24-22-20-18-16-14-12-10-8-6-4-2/h9,11-12,14,17,19,25,27,30-31,34H,3-8,10,13,15-16,18,20-24,26,28-29H2,1-2H3,(H,33,35)(H,36,37,38)/b11-9+,14-12-,19-17+,27-25+. The third-order valence-electron chi connectivity index (χ3n) is 6.46. The second-order valence-electron chi connectivity index (χ2n) is 10.4. The molecule has 0 heterocycles. The molecule has 1 amide bonds. The first-order valence-corrected chi connectivity index (χ1v) is 16.9. The Labute approximate surface area is 239 Å². The van der Waals surface area contributed by atoms with Crippen molar-refractivity contribution < 1.29 is 22.9 Å². The molecule has 7 heteroatoms. The summed E-state index contributed by atoms with van der Waals surface area (Å²) in [6.45, 7) is 4.40. The van der Waals surface area contributed by atoms with Crippen LogP contribution in [0.1, 0.15) is 129 Å². The van der Waals surface area contributed by atoms with Gasteiger partial charge in [-0.2, -0.15) is 8.42 Å². The number of allylic oxidation sites excluding steroid dienone is 7. The van der Waals surface area contributed by atoms with Crippen molar-refractivity contribution in [1.29, 1.82) is 0 Å². The van der Waals surface area contributed by atoms with Gasteiger partial charge in [-0.05, 0) is 64.2 Å². The molecule has 0 saturated carbocycles.